The van der Waals surface area contributed by atoms with Crippen LogP contribution in [0, 0.1) is 15.5 Å². The van der Waals surface area contributed by atoms with Gasteiger partial charge in [-0.2, -0.15) is 0 Å². The number of benzene rings is 1. The maximum Gasteiger partial charge on any atom is 0.269 e. The van der Waals surface area contributed by atoms with E-state index in [2.05, 4.69) is 36.3 Å². The van der Waals surface area contributed by atoms with Crippen molar-refractivity contribution in [1.29, 1.82) is 0 Å². The van der Waals surface area contributed by atoms with Gasteiger partial charge in [0, 0.05) is 47.0 Å². The first-order valence-electron chi connectivity index (χ1n) is 10.3. The predicted octanol–water partition coefficient (Wildman–Crippen LogP) is 5.15. The lowest BCUT2D eigenvalue weighted by Gasteiger charge is -2.40. The molecule has 0 amide bonds. The molecule has 1 aliphatic heterocycles. The smallest absolute Gasteiger partial charge is 0.269 e. The Morgan fingerprint density at radius 3 is 2.70 bits per heavy atom. The Bertz CT molecular complexity index is 1140. The van der Waals surface area contributed by atoms with Crippen molar-refractivity contribution in [1.82, 2.24) is 4.98 Å². The number of aromatic nitrogens is 1. The van der Waals surface area contributed by atoms with Gasteiger partial charge >= 0.3 is 0 Å². The first-order valence-corrected chi connectivity index (χ1v) is 10.3. The number of carbonyl (C=O) groups excluding carboxylic acids is 1. The van der Waals surface area contributed by atoms with E-state index in [4.69, 9.17) is 0 Å². The number of allylic oxidation sites excluding steroid dienone is 3. The third kappa shape index (κ3) is 2.95. The van der Waals surface area contributed by atoms with Crippen LogP contribution in [0.3, 0.4) is 0 Å². The fraction of sp³-hybridized carbons (Fsp3) is 0.333. The molecule has 1 N–H and O–H groups in total. The molecule has 5 rings (SSSR count). The van der Waals surface area contributed by atoms with E-state index >= 15 is 0 Å². The van der Waals surface area contributed by atoms with Gasteiger partial charge in [0.15, 0.2) is 5.78 Å². The van der Waals surface area contributed by atoms with Crippen molar-refractivity contribution in [2.45, 2.75) is 45.4 Å². The molecule has 152 valence electrons. The number of nitrogens with zero attached hydrogens (tertiary/aromatic N) is 2. The van der Waals surface area contributed by atoms with Crippen molar-refractivity contribution in [3.8, 4) is 0 Å². The molecule has 30 heavy (non-hydrogen) atoms. The zero-order valence-corrected chi connectivity index (χ0v) is 17.1. The van der Waals surface area contributed by atoms with Crippen LogP contribution in [0.1, 0.15) is 61.4 Å². The van der Waals surface area contributed by atoms with E-state index in [0.717, 1.165) is 58.6 Å². The fourth-order valence-electron chi connectivity index (χ4n) is 5.01. The van der Waals surface area contributed by atoms with Gasteiger partial charge in [-0.3, -0.25) is 19.9 Å². The molecule has 0 radical (unpaired) electrons. The molecule has 0 saturated carbocycles. The highest BCUT2D eigenvalue weighted by atomic mass is 16.6. The molecule has 2 aromatic rings. The van der Waals surface area contributed by atoms with E-state index in [9.17, 15) is 14.9 Å². The number of nitrogens with one attached hydrogen (secondary N) is 1. The largest absolute Gasteiger partial charge is 0.357 e. The van der Waals surface area contributed by atoms with Crippen molar-refractivity contribution in [2.24, 2.45) is 5.41 Å². The van der Waals surface area contributed by atoms with E-state index in [1.807, 2.05) is 6.20 Å². The second-order valence-corrected chi connectivity index (χ2v) is 9.13. The minimum Gasteiger partial charge on any atom is -0.357 e. The third-order valence-corrected chi connectivity index (χ3v) is 6.29. The highest BCUT2D eigenvalue weighted by molar-refractivity contribution is 6.02. The van der Waals surface area contributed by atoms with Crippen molar-refractivity contribution in [3.63, 3.8) is 0 Å². The van der Waals surface area contributed by atoms with Crippen LogP contribution in [0.15, 0.2) is 47.8 Å². The Hall–Kier alpha value is -3.28. The Balaban J connectivity index is 1.74. The average Bonchev–Trinajstić information content (AvgIpc) is 2.71. The third-order valence-electron chi connectivity index (χ3n) is 6.29. The molecule has 1 atom stereocenters. The number of carbonyl (C=O) groups is 1. The highest BCUT2D eigenvalue weighted by Gasteiger charge is 2.42. The summed E-state index contributed by atoms with van der Waals surface area (Å²) < 4.78 is 0. The van der Waals surface area contributed by atoms with Gasteiger partial charge in [0.1, 0.15) is 0 Å². The molecule has 2 heterocycles. The number of non-ortho nitro benzene ring substituents is 1. The van der Waals surface area contributed by atoms with Crippen molar-refractivity contribution in [2.75, 3.05) is 5.32 Å². The van der Waals surface area contributed by atoms with Gasteiger partial charge in [-0.15, -0.1) is 0 Å². The molecule has 1 aromatic carbocycles. The zero-order chi connectivity index (χ0) is 21.0. The molecule has 2 aliphatic carbocycles. The summed E-state index contributed by atoms with van der Waals surface area (Å²) in [5.41, 5.74) is 6.67. The van der Waals surface area contributed by atoms with Gasteiger partial charge in [0.2, 0.25) is 0 Å². The number of hydrogen-bond donors (Lipinski definition) is 1. The SMILES string of the molecule is CC1(C)CC(=O)C2=C(C1)Nc1cnc3c(c1C2c1ccc([N+](=O)[O-])cc1)C=CCC3. The molecule has 1 aromatic heterocycles. The van der Waals surface area contributed by atoms with Crippen LogP contribution in [-0.2, 0) is 11.2 Å². The molecule has 0 saturated heterocycles. The Morgan fingerprint density at radius 1 is 1.20 bits per heavy atom. The maximum absolute atomic E-state index is 13.3. The molecule has 0 fully saturated rings. The Kier molecular flexibility index (Phi) is 4.13. The first-order chi connectivity index (χ1) is 14.3. The summed E-state index contributed by atoms with van der Waals surface area (Å²) in [7, 11) is 0. The number of aryl methyl sites for hydroxylation is 1. The normalized spacial score (nSPS) is 21.4. The van der Waals surface area contributed by atoms with Crippen LogP contribution in [0.4, 0.5) is 11.4 Å². The molecule has 3 aliphatic rings. The first kappa shape index (κ1) is 18.7. The van der Waals surface area contributed by atoms with Crippen molar-refractivity contribution in [3.05, 3.63) is 80.3 Å². The second-order valence-electron chi connectivity index (χ2n) is 9.13. The second kappa shape index (κ2) is 6.62. The quantitative estimate of drug-likeness (QED) is 0.556. The summed E-state index contributed by atoms with van der Waals surface area (Å²) >= 11 is 0. The summed E-state index contributed by atoms with van der Waals surface area (Å²) in [6, 6.07) is 6.62. The molecule has 0 spiro atoms. The van der Waals surface area contributed by atoms with Crippen LogP contribution in [0.25, 0.3) is 6.08 Å². The number of fused-ring (bicyclic) bond motifs is 3. The topological polar surface area (TPSA) is 85.1 Å². The minimum absolute atomic E-state index is 0.0508. The van der Waals surface area contributed by atoms with Crippen LogP contribution in [0.5, 0.6) is 0 Å². The number of Topliss-reactive ketones (excluding diaryl/α,β-unsaturated/α-hetero) is 1. The Morgan fingerprint density at radius 2 is 1.97 bits per heavy atom. The van der Waals surface area contributed by atoms with E-state index in [0.29, 0.717) is 6.42 Å². The maximum atomic E-state index is 13.3. The predicted molar refractivity (Wildman–Crippen MR) is 115 cm³/mol. The van der Waals surface area contributed by atoms with E-state index in [-0.39, 0.29) is 22.8 Å². The number of hydrogen-bond acceptors (Lipinski definition) is 5. The van der Waals surface area contributed by atoms with Gasteiger partial charge in [-0.05, 0) is 35.8 Å². The van der Waals surface area contributed by atoms with Crippen LogP contribution in [0.2, 0.25) is 0 Å². The molecular formula is C24H23N3O3. The summed E-state index contributed by atoms with van der Waals surface area (Å²) in [6.45, 7) is 4.22. The standard InChI is InChI=1S/C24H23N3O3/c1-24(2)11-18-23(20(28)12-24)21(14-7-9-15(10-8-14)27(29)30)22-16-5-3-4-6-17(16)25-13-19(22)26-18/h3,5,7-10,13,21,26H,4,6,11-12H2,1-2H3. The van der Waals surface area contributed by atoms with Crippen LogP contribution in [-0.4, -0.2) is 15.7 Å². The summed E-state index contributed by atoms with van der Waals surface area (Å²) in [5.74, 6) is -0.103. The number of nitro groups is 1. The van der Waals surface area contributed by atoms with Gasteiger partial charge in [0.25, 0.3) is 5.69 Å². The molecule has 1 unspecified atom stereocenters. The van der Waals surface area contributed by atoms with E-state index in [1.54, 1.807) is 12.1 Å². The zero-order valence-electron chi connectivity index (χ0n) is 17.1. The van der Waals surface area contributed by atoms with Crippen molar-refractivity contribution < 1.29 is 9.72 Å². The summed E-state index contributed by atoms with van der Waals surface area (Å²) in [4.78, 5) is 28.8. The number of pyridine rings is 1. The van der Waals surface area contributed by atoms with Gasteiger partial charge in [-0.1, -0.05) is 38.1 Å². The van der Waals surface area contributed by atoms with Gasteiger partial charge < -0.3 is 5.32 Å². The minimum atomic E-state index is -0.395. The number of anilines is 1. The molecule has 6 nitrogen and oxygen atoms in total. The van der Waals surface area contributed by atoms with Gasteiger partial charge in [-0.25, -0.2) is 0 Å². The lowest BCUT2D eigenvalue weighted by molar-refractivity contribution is -0.384. The average molecular weight is 401 g/mol. The number of nitro benzene ring substituents is 1. The lowest BCUT2D eigenvalue weighted by Crippen LogP contribution is -2.34. The van der Waals surface area contributed by atoms with E-state index in [1.165, 1.54) is 12.1 Å². The van der Waals surface area contributed by atoms with Crippen molar-refractivity contribution >= 4 is 23.2 Å². The monoisotopic (exact) mass is 401 g/mol. The fourth-order valence-corrected chi connectivity index (χ4v) is 5.01. The van der Waals surface area contributed by atoms with Crippen LogP contribution >= 0.6 is 0 Å². The molecular weight excluding hydrogens is 378 g/mol. The number of rotatable bonds is 2. The van der Waals surface area contributed by atoms with Crippen LogP contribution < -0.4 is 5.32 Å². The lowest BCUT2D eigenvalue weighted by atomic mass is 9.68. The summed E-state index contributed by atoms with van der Waals surface area (Å²) in [5, 5.41) is 14.7. The Labute approximate surface area is 174 Å². The van der Waals surface area contributed by atoms with E-state index < -0.39 is 4.92 Å². The summed E-state index contributed by atoms with van der Waals surface area (Å²) in [6.07, 6.45) is 9.23. The molecule has 0 bridgehead atoms. The number of ketones is 1. The van der Waals surface area contributed by atoms with Gasteiger partial charge in [0.05, 0.1) is 16.8 Å². The highest BCUT2D eigenvalue weighted by Crippen LogP contribution is 2.50. The molecule has 6 heteroatoms.